The first-order chi connectivity index (χ1) is 16.2. The van der Waals surface area contributed by atoms with Crippen LogP contribution in [0.4, 0.5) is 11.5 Å². The quantitative estimate of drug-likeness (QED) is 0.310. The van der Waals surface area contributed by atoms with Gasteiger partial charge in [0.1, 0.15) is 30.3 Å². The molecule has 6 nitrogen and oxygen atoms in total. The molecule has 5 rings (SSSR count). The van der Waals surface area contributed by atoms with Crippen LogP contribution >= 0.6 is 11.6 Å². The maximum atomic E-state index is 10.4. The molecule has 2 N–H and O–H groups in total. The van der Waals surface area contributed by atoms with Crippen molar-refractivity contribution in [2.24, 2.45) is 0 Å². The molecule has 0 aliphatic rings. The summed E-state index contributed by atoms with van der Waals surface area (Å²) in [7, 11) is 0. The molecule has 0 amide bonds. The molecule has 3 aromatic carbocycles. The number of hydrogen-bond donors (Lipinski definition) is 2. The number of aromatic hydroxyl groups is 1. The summed E-state index contributed by atoms with van der Waals surface area (Å²) < 4.78 is 5.81. The number of aromatic nitrogens is 3. The number of fused-ring (bicyclic) bond motifs is 1. The summed E-state index contributed by atoms with van der Waals surface area (Å²) >= 11 is 6.48. The van der Waals surface area contributed by atoms with Gasteiger partial charge in [0.05, 0.1) is 21.6 Å². The Morgan fingerprint density at radius 1 is 0.848 bits per heavy atom. The lowest BCUT2D eigenvalue weighted by atomic mass is 10.00. The van der Waals surface area contributed by atoms with Gasteiger partial charge in [-0.2, -0.15) is 0 Å². The van der Waals surface area contributed by atoms with Crippen LogP contribution < -0.4 is 10.1 Å². The van der Waals surface area contributed by atoms with E-state index in [4.69, 9.17) is 16.3 Å². The Morgan fingerprint density at radius 3 is 2.52 bits per heavy atom. The molecule has 0 unspecified atom stereocenters. The Hall–Kier alpha value is -4.16. The van der Waals surface area contributed by atoms with Gasteiger partial charge in [0.2, 0.25) is 0 Å². The van der Waals surface area contributed by atoms with Gasteiger partial charge in [0.25, 0.3) is 0 Å². The molecule has 7 heteroatoms. The van der Waals surface area contributed by atoms with Crippen LogP contribution in [0.25, 0.3) is 22.0 Å². The second-order valence-electron chi connectivity index (χ2n) is 7.32. The number of nitrogens with zero attached hydrogens (tertiary/aromatic N) is 3. The highest BCUT2D eigenvalue weighted by Gasteiger charge is 2.14. The van der Waals surface area contributed by atoms with Crippen molar-refractivity contribution < 1.29 is 9.84 Å². The van der Waals surface area contributed by atoms with Gasteiger partial charge < -0.3 is 15.2 Å². The Bertz CT molecular complexity index is 1420. The largest absolute Gasteiger partial charge is 0.507 e. The highest BCUT2D eigenvalue weighted by atomic mass is 35.5. The zero-order chi connectivity index (χ0) is 22.6. The van der Waals surface area contributed by atoms with E-state index >= 15 is 0 Å². The third-order valence-corrected chi connectivity index (χ3v) is 5.45. The SMILES string of the molecule is Oc1ccccc1-c1cccc2ncnc(Nc3ccc(OCc4ccccn4)c(Cl)c3)c12. The van der Waals surface area contributed by atoms with Gasteiger partial charge in [-0.05, 0) is 48.0 Å². The van der Waals surface area contributed by atoms with Crippen LogP contribution in [0.3, 0.4) is 0 Å². The molecule has 0 saturated heterocycles. The van der Waals surface area contributed by atoms with E-state index in [1.165, 1.54) is 6.33 Å². The van der Waals surface area contributed by atoms with Crippen LogP contribution in [0.5, 0.6) is 11.5 Å². The molecule has 162 valence electrons. The standard InChI is InChI=1S/C26H19ClN4O2/c27-21-14-17(11-12-24(21)33-15-18-6-3-4-13-28-18)31-26-25-20(19-7-1-2-10-23(19)32)8-5-9-22(25)29-16-30-26/h1-14,16,32H,15H2,(H,29,30,31). The summed E-state index contributed by atoms with van der Waals surface area (Å²) in [6.07, 6.45) is 3.23. The molecule has 33 heavy (non-hydrogen) atoms. The van der Waals surface area contributed by atoms with Gasteiger partial charge in [-0.25, -0.2) is 9.97 Å². The average Bonchev–Trinajstić information content (AvgIpc) is 2.84. The molecule has 5 aromatic rings. The highest BCUT2D eigenvalue weighted by Crippen LogP contribution is 2.38. The zero-order valence-electron chi connectivity index (χ0n) is 17.4. The number of para-hydroxylation sites is 1. The summed E-state index contributed by atoms with van der Waals surface area (Å²) in [6.45, 7) is 0.327. The molecule has 0 fully saturated rings. The summed E-state index contributed by atoms with van der Waals surface area (Å²) in [5.74, 6) is 1.37. The molecule has 2 heterocycles. The first-order valence-corrected chi connectivity index (χ1v) is 10.7. The van der Waals surface area contributed by atoms with Crippen molar-refractivity contribution in [1.29, 1.82) is 0 Å². The Balaban J connectivity index is 1.46. The van der Waals surface area contributed by atoms with Crippen molar-refractivity contribution in [1.82, 2.24) is 15.0 Å². The van der Waals surface area contributed by atoms with Gasteiger partial charge >= 0.3 is 0 Å². The normalized spacial score (nSPS) is 10.8. The fourth-order valence-corrected chi connectivity index (χ4v) is 3.83. The van der Waals surface area contributed by atoms with Gasteiger partial charge in [-0.3, -0.25) is 4.98 Å². The molecule has 0 aliphatic heterocycles. The second-order valence-corrected chi connectivity index (χ2v) is 7.73. The first kappa shape index (κ1) is 20.7. The fraction of sp³-hybridized carbons (Fsp3) is 0.0385. The third-order valence-electron chi connectivity index (χ3n) is 5.15. The predicted molar refractivity (Wildman–Crippen MR) is 130 cm³/mol. The van der Waals surface area contributed by atoms with E-state index in [1.807, 2.05) is 54.6 Å². The van der Waals surface area contributed by atoms with Crippen molar-refractivity contribution in [3.8, 4) is 22.6 Å². The van der Waals surface area contributed by atoms with E-state index in [9.17, 15) is 5.11 Å². The maximum Gasteiger partial charge on any atom is 0.142 e. The third kappa shape index (κ3) is 4.42. The molecular formula is C26H19ClN4O2. The van der Waals surface area contributed by atoms with Crippen molar-refractivity contribution in [2.45, 2.75) is 6.61 Å². The van der Waals surface area contributed by atoms with Crippen LogP contribution in [-0.4, -0.2) is 20.1 Å². The Morgan fingerprint density at radius 2 is 1.70 bits per heavy atom. The smallest absolute Gasteiger partial charge is 0.142 e. The van der Waals surface area contributed by atoms with Crippen molar-refractivity contribution in [2.75, 3.05) is 5.32 Å². The monoisotopic (exact) mass is 454 g/mol. The van der Waals surface area contributed by atoms with Crippen molar-refractivity contribution in [3.05, 3.63) is 102 Å². The van der Waals surface area contributed by atoms with E-state index in [1.54, 1.807) is 30.5 Å². The van der Waals surface area contributed by atoms with E-state index in [0.717, 1.165) is 27.8 Å². The minimum absolute atomic E-state index is 0.192. The lowest BCUT2D eigenvalue weighted by Gasteiger charge is -2.14. The number of pyridine rings is 1. The lowest BCUT2D eigenvalue weighted by Crippen LogP contribution is -2.00. The number of anilines is 2. The summed E-state index contributed by atoms with van der Waals surface area (Å²) in [4.78, 5) is 13.1. The first-order valence-electron chi connectivity index (χ1n) is 10.3. The van der Waals surface area contributed by atoms with Crippen molar-refractivity contribution in [3.63, 3.8) is 0 Å². The summed E-state index contributed by atoms with van der Waals surface area (Å²) in [5, 5.41) is 15.0. The number of ether oxygens (including phenoxy) is 1. The van der Waals surface area contributed by atoms with E-state index in [-0.39, 0.29) is 5.75 Å². The van der Waals surface area contributed by atoms with Gasteiger partial charge in [0, 0.05) is 17.4 Å². The number of benzene rings is 3. The average molecular weight is 455 g/mol. The topological polar surface area (TPSA) is 80.2 Å². The van der Waals surface area contributed by atoms with Crippen LogP contribution in [0, 0.1) is 0 Å². The van der Waals surface area contributed by atoms with Crippen LogP contribution in [0.1, 0.15) is 5.69 Å². The lowest BCUT2D eigenvalue weighted by molar-refractivity contribution is 0.301. The molecule has 0 saturated carbocycles. The van der Waals surface area contributed by atoms with Crippen LogP contribution in [0.15, 0.2) is 91.4 Å². The molecule has 0 bridgehead atoms. The maximum absolute atomic E-state index is 10.4. The molecule has 0 spiro atoms. The molecular weight excluding hydrogens is 436 g/mol. The van der Waals surface area contributed by atoms with E-state index in [0.29, 0.717) is 28.8 Å². The second kappa shape index (κ2) is 9.14. The highest BCUT2D eigenvalue weighted by molar-refractivity contribution is 6.32. The van der Waals surface area contributed by atoms with Gasteiger partial charge in [-0.15, -0.1) is 0 Å². The molecule has 0 radical (unpaired) electrons. The summed E-state index contributed by atoms with van der Waals surface area (Å²) in [5.41, 5.74) is 3.86. The predicted octanol–water partition coefficient (Wildman–Crippen LogP) is 6.37. The van der Waals surface area contributed by atoms with Crippen molar-refractivity contribution >= 4 is 34.0 Å². The van der Waals surface area contributed by atoms with Gasteiger partial charge in [-0.1, -0.05) is 48.0 Å². The number of rotatable bonds is 6. The van der Waals surface area contributed by atoms with E-state index < -0.39 is 0 Å². The zero-order valence-corrected chi connectivity index (χ0v) is 18.2. The number of nitrogens with one attached hydrogen (secondary N) is 1. The Labute approximate surface area is 195 Å². The minimum atomic E-state index is 0.192. The number of halogens is 1. The molecule has 2 aromatic heterocycles. The van der Waals surface area contributed by atoms with E-state index in [2.05, 4.69) is 20.3 Å². The summed E-state index contributed by atoms with van der Waals surface area (Å²) in [6, 6.07) is 24.1. The Kier molecular flexibility index (Phi) is 5.74. The number of phenols is 1. The molecule has 0 atom stereocenters. The minimum Gasteiger partial charge on any atom is -0.507 e. The van der Waals surface area contributed by atoms with Crippen LogP contribution in [-0.2, 0) is 6.61 Å². The number of hydrogen-bond acceptors (Lipinski definition) is 6. The van der Waals surface area contributed by atoms with Crippen LogP contribution in [0.2, 0.25) is 5.02 Å². The van der Waals surface area contributed by atoms with Gasteiger partial charge in [0.15, 0.2) is 0 Å². The number of phenolic OH excluding ortho intramolecular Hbond substituents is 1. The molecule has 0 aliphatic carbocycles. The fourth-order valence-electron chi connectivity index (χ4n) is 3.60.